The van der Waals surface area contributed by atoms with E-state index in [1.54, 1.807) is 4.57 Å². The summed E-state index contributed by atoms with van der Waals surface area (Å²) < 4.78 is 45.9. The van der Waals surface area contributed by atoms with Gasteiger partial charge in [-0.15, -0.1) is 10.2 Å². The van der Waals surface area contributed by atoms with Crippen LogP contribution in [0.25, 0.3) is 0 Å². The van der Waals surface area contributed by atoms with Crippen LogP contribution in [0, 0.1) is 0 Å². The van der Waals surface area contributed by atoms with Gasteiger partial charge in [0.15, 0.2) is 11.0 Å². The zero-order valence-corrected chi connectivity index (χ0v) is 18.4. The molecule has 0 aliphatic heterocycles. The van der Waals surface area contributed by atoms with Crippen LogP contribution in [0.15, 0.2) is 59.8 Å². The summed E-state index contributed by atoms with van der Waals surface area (Å²) in [4.78, 5) is 12.3. The number of nitrogens with zero attached hydrogens (tertiary/aromatic N) is 3. The number of amides is 1. The SMILES string of the molecule is CCn1c(COc2cccc(C(F)(F)F)c2)nnc1SCC(=O)NC(C)c1ccccc1. The van der Waals surface area contributed by atoms with Crippen molar-refractivity contribution in [1.82, 2.24) is 20.1 Å². The lowest BCUT2D eigenvalue weighted by molar-refractivity contribution is -0.137. The first-order chi connectivity index (χ1) is 15.3. The molecule has 0 spiro atoms. The van der Waals surface area contributed by atoms with Gasteiger partial charge in [0.2, 0.25) is 5.91 Å². The molecule has 1 heterocycles. The molecule has 10 heteroatoms. The van der Waals surface area contributed by atoms with E-state index in [4.69, 9.17) is 4.74 Å². The standard InChI is InChI=1S/C22H23F3N4O2S/c1-3-29-19(13-31-18-11-7-10-17(12-18)22(23,24)25)27-28-21(29)32-14-20(30)26-15(2)16-8-5-4-6-9-16/h4-12,15H,3,13-14H2,1-2H3,(H,26,30). The van der Waals surface area contributed by atoms with Crippen LogP contribution in [0.3, 0.4) is 0 Å². The minimum atomic E-state index is -4.44. The molecule has 0 fully saturated rings. The molecule has 3 aromatic rings. The van der Waals surface area contributed by atoms with Gasteiger partial charge in [0.1, 0.15) is 12.4 Å². The van der Waals surface area contributed by atoms with Gasteiger partial charge in [-0.2, -0.15) is 13.2 Å². The van der Waals surface area contributed by atoms with E-state index >= 15 is 0 Å². The summed E-state index contributed by atoms with van der Waals surface area (Å²) >= 11 is 1.24. The summed E-state index contributed by atoms with van der Waals surface area (Å²) in [7, 11) is 0. The van der Waals surface area contributed by atoms with Crippen molar-refractivity contribution >= 4 is 17.7 Å². The van der Waals surface area contributed by atoms with E-state index in [1.165, 1.54) is 23.9 Å². The maximum Gasteiger partial charge on any atom is 0.416 e. The van der Waals surface area contributed by atoms with Crippen molar-refractivity contribution in [1.29, 1.82) is 0 Å². The van der Waals surface area contributed by atoms with E-state index in [1.807, 2.05) is 44.2 Å². The van der Waals surface area contributed by atoms with Crippen molar-refractivity contribution in [3.8, 4) is 5.75 Å². The number of nitrogens with one attached hydrogen (secondary N) is 1. The number of ether oxygens (including phenoxy) is 1. The molecule has 0 aliphatic carbocycles. The van der Waals surface area contributed by atoms with Gasteiger partial charge in [0, 0.05) is 6.54 Å². The van der Waals surface area contributed by atoms with Gasteiger partial charge in [-0.05, 0) is 37.6 Å². The molecular weight excluding hydrogens is 441 g/mol. The number of carbonyl (C=O) groups is 1. The highest BCUT2D eigenvalue weighted by atomic mass is 32.2. The summed E-state index contributed by atoms with van der Waals surface area (Å²) in [5, 5.41) is 11.7. The predicted octanol–water partition coefficient (Wildman–Crippen LogP) is 4.87. The Morgan fingerprint density at radius 1 is 1.16 bits per heavy atom. The molecule has 1 amide bonds. The fourth-order valence-corrected chi connectivity index (χ4v) is 3.83. The molecule has 6 nitrogen and oxygen atoms in total. The van der Waals surface area contributed by atoms with E-state index in [9.17, 15) is 18.0 Å². The van der Waals surface area contributed by atoms with Gasteiger partial charge in [-0.3, -0.25) is 4.79 Å². The lowest BCUT2D eigenvalue weighted by atomic mass is 10.1. The Morgan fingerprint density at radius 3 is 2.59 bits per heavy atom. The average molecular weight is 465 g/mol. The van der Waals surface area contributed by atoms with Crippen LogP contribution in [0.1, 0.15) is 36.8 Å². The highest BCUT2D eigenvalue weighted by molar-refractivity contribution is 7.99. The molecule has 1 atom stereocenters. The van der Waals surface area contributed by atoms with Crippen molar-refractivity contribution < 1.29 is 22.7 Å². The highest BCUT2D eigenvalue weighted by Gasteiger charge is 2.30. The molecule has 1 unspecified atom stereocenters. The van der Waals surface area contributed by atoms with E-state index in [2.05, 4.69) is 15.5 Å². The zero-order chi connectivity index (χ0) is 23.1. The highest BCUT2D eigenvalue weighted by Crippen LogP contribution is 2.31. The van der Waals surface area contributed by atoms with Crippen LogP contribution in [0.4, 0.5) is 13.2 Å². The second-order valence-electron chi connectivity index (χ2n) is 6.95. The fraction of sp³-hybridized carbons (Fsp3) is 0.318. The molecule has 0 saturated carbocycles. The minimum absolute atomic E-state index is 0.0417. The number of rotatable bonds is 9. The number of thioether (sulfide) groups is 1. The number of halogens is 3. The van der Waals surface area contributed by atoms with Gasteiger partial charge >= 0.3 is 6.18 Å². The van der Waals surface area contributed by atoms with Gasteiger partial charge < -0.3 is 14.6 Å². The van der Waals surface area contributed by atoms with Crippen molar-refractivity contribution in [2.75, 3.05) is 5.75 Å². The van der Waals surface area contributed by atoms with Crippen LogP contribution in [-0.4, -0.2) is 26.4 Å². The lowest BCUT2D eigenvalue weighted by Gasteiger charge is -2.14. The minimum Gasteiger partial charge on any atom is -0.486 e. The Balaban J connectivity index is 1.57. The van der Waals surface area contributed by atoms with Gasteiger partial charge in [0.25, 0.3) is 0 Å². The third kappa shape index (κ3) is 6.25. The number of aromatic nitrogens is 3. The van der Waals surface area contributed by atoms with Crippen molar-refractivity contribution in [2.24, 2.45) is 0 Å². The summed E-state index contributed by atoms with van der Waals surface area (Å²) in [5.41, 5.74) is 0.232. The van der Waals surface area contributed by atoms with Crippen LogP contribution in [0.2, 0.25) is 0 Å². The monoisotopic (exact) mass is 464 g/mol. The van der Waals surface area contributed by atoms with E-state index in [0.29, 0.717) is 17.5 Å². The number of hydrogen-bond donors (Lipinski definition) is 1. The van der Waals surface area contributed by atoms with Crippen molar-refractivity contribution in [2.45, 2.75) is 44.4 Å². The van der Waals surface area contributed by atoms with Gasteiger partial charge in [0.05, 0.1) is 17.4 Å². The Kier molecular flexibility index (Phi) is 7.79. The van der Waals surface area contributed by atoms with Crippen LogP contribution in [-0.2, 0) is 24.1 Å². The number of carbonyl (C=O) groups excluding carboxylic acids is 1. The zero-order valence-electron chi connectivity index (χ0n) is 17.6. The Bertz CT molecular complexity index is 1040. The first-order valence-electron chi connectivity index (χ1n) is 9.97. The Labute approximate surface area is 188 Å². The van der Waals surface area contributed by atoms with Crippen molar-refractivity contribution in [3.63, 3.8) is 0 Å². The third-order valence-corrected chi connectivity index (χ3v) is 5.62. The molecule has 2 aromatic carbocycles. The number of benzene rings is 2. The van der Waals surface area contributed by atoms with Crippen molar-refractivity contribution in [3.05, 3.63) is 71.5 Å². The fourth-order valence-electron chi connectivity index (χ4n) is 3.00. The maximum atomic E-state index is 12.9. The van der Waals surface area contributed by atoms with E-state index < -0.39 is 11.7 Å². The van der Waals surface area contributed by atoms with E-state index in [-0.39, 0.29) is 30.1 Å². The summed E-state index contributed by atoms with van der Waals surface area (Å²) in [5.74, 6) is 0.572. The first kappa shape index (κ1) is 23.6. The van der Waals surface area contributed by atoms with Crippen LogP contribution in [0.5, 0.6) is 5.75 Å². The normalized spacial score (nSPS) is 12.4. The Hall–Kier alpha value is -3.01. The summed E-state index contributed by atoms with van der Waals surface area (Å²) in [6.45, 7) is 4.28. The first-order valence-corrected chi connectivity index (χ1v) is 11.0. The van der Waals surface area contributed by atoms with Crippen LogP contribution < -0.4 is 10.1 Å². The quantitative estimate of drug-likeness (QED) is 0.458. The second kappa shape index (κ2) is 10.5. The molecule has 1 N–H and O–H groups in total. The molecule has 0 bridgehead atoms. The maximum absolute atomic E-state index is 12.9. The molecule has 32 heavy (non-hydrogen) atoms. The molecule has 170 valence electrons. The molecular formula is C22H23F3N4O2S. The summed E-state index contributed by atoms with van der Waals surface area (Å²) in [6, 6.07) is 14.2. The topological polar surface area (TPSA) is 69.0 Å². The molecule has 0 aliphatic rings. The molecule has 0 radical (unpaired) electrons. The largest absolute Gasteiger partial charge is 0.486 e. The van der Waals surface area contributed by atoms with Gasteiger partial charge in [-0.1, -0.05) is 48.2 Å². The van der Waals surface area contributed by atoms with Crippen LogP contribution >= 0.6 is 11.8 Å². The Morgan fingerprint density at radius 2 is 1.91 bits per heavy atom. The third-order valence-electron chi connectivity index (χ3n) is 4.65. The molecule has 3 rings (SSSR count). The van der Waals surface area contributed by atoms with E-state index in [0.717, 1.165) is 17.7 Å². The van der Waals surface area contributed by atoms with Gasteiger partial charge in [-0.25, -0.2) is 0 Å². The molecule has 0 saturated heterocycles. The number of hydrogen-bond acceptors (Lipinski definition) is 5. The lowest BCUT2D eigenvalue weighted by Crippen LogP contribution is -2.28. The average Bonchev–Trinajstić information content (AvgIpc) is 3.18. The number of alkyl halides is 3. The molecule has 1 aromatic heterocycles. The second-order valence-corrected chi connectivity index (χ2v) is 7.89. The summed E-state index contributed by atoms with van der Waals surface area (Å²) in [6.07, 6.45) is -4.44. The predicted molar refractivity (Wildman–Crippen MR) is 115 cm³/mol. The smallest absolute Gasteiger partial charge is 0.416 e.